The highest BCUT2D eigenvalue weighted by atomic mass is 31.2. The predicted molar refractivity (Wildman–Crippen MR) is 145 cm³/mol. The van der Waals surface area contributed by atoms with Crippen molar-refractivity contribution in [2.75, 3.05) is 0 Å². The fraction of sp³-hybridized carbons (Fsp3) is 0.207. The van der Waals surface area contributed by atoms with Crippen LogP contribution < -0.4 is 9.05 Å². The molecule has 0 radical (unpaired) electrons. The molecule has 0 unspecified atom stereocenters. The van der Waals surface area contributed by atoms with Gasteiger partial charge in [-0.15, -0.1) is 0 Å². The predicted octanol–water partition coefficient (Wildman–Crippen LogP) is 8.93. The second-order valence-electron chi connectivity index (χ2n) is 7.96. The molecule has 2 aromatic carbocycles. The minimum Gasteiger partial charge on any atom is -0.399 e. The van der Waals surface area contributed by atoms with Gasteiger partial charge in [0, 0.05) is 11.6 Å². The molecule has 0 spiro atoms. The van der Waals surface area contributed by atoms with Crippen LogP contribution in [0.5, 0.6) is 11.5 Å². The lowest BCUT2D eigenvalue weighted by Gasteiger charge is -2.28. The number of nitrogens with zero attached hydrogens (tertiary/aromatic N) is 1. The van der Waals surface area contributed by atoms with E-state index in [4.69, 9.17) is 9.05 Å². The van der Waals surface area contributed by atoms with Crippen molar-refractivity contribution in [2.45, 2.75) is 34.1 Å². The summed E-state index contributed by atoms with van der Waals surface area (Å²) in [7, 11) is -3.89. The largest absolute Gasteiger partial charge is 0.563 e. The van der Waals surface area contributed by atoms with E-state index < -0.39 is 7.75 Å². The molecule has 0 aliphatic rings. The Morgan fingerprint density at radius 3 is 1.94 bits per heavy atom. The van der Waals surface area contributed by atoms with E-state index in [0.29, 0.717) is 11.5 Å². The Hall–Kier alpha value is -3.36. The zero-order valence-electron chi connectivity index (χ0n) is 20.4. The van der Waals surface area contributed by atoms with Gasteiger partial charge in [0.25, 0.3) is 0 Å². The van der Waals surface area contributed by atoms with Gasteiger partial charge in [-0.1, -0.05) is 100 Å². The zero-order chi connectivity index (χ0) is 24.9. The van der Waals surface area contributed by atoms with E-state index in [0.717, 1.165) is 17.6 Å². The fourth-order valence-corrected chi connectivity index (χ4v) is 4.29. The molecule has 0 atom stereocenters. The minimum absolute atomic E-state index is 0.344. The Balaban J connectivity index is 2.47. The van der Waals surface area contributed by atoms with Gasteiger partial charge in [0.2, 0.25) is 0 Å². The summed E-state index contributed by atoms with van der Waals surface area (Å²) in [5.74, 6) is 0.831. The van der Waals surface area contributed by atoms with Gasteiger partial charge in [0.15, 0.2) is 0 Å². The van der Waals surface area contributed by atoms with E-state index in [-0.39, 0.29) is 5.41 Å². The van der Waals surface area contributed by atoms with Gasteiger partial charge in [-0.05, 0) is 54.8 Å². The molecule has 5 heteroatoms. The smallest absolute Gasteiger partial charge is 0.399 e. The first-order valence-electron chi connectivity index (χ1n) is 11.3. The summed E-state index contributed by atoms with van der Waals surface area (Å²) in [6.07, 6.45) is 16.2. The van der Waals surface area contributed by atoms with Crippen molar-refractivity contribution in [3.8, 4) is 11.5 Å². The van der Waals surface area contributed by atoms with Gasteiger partial charge in [0.05, 0.1) is 0 Å². The molecule has 2 aromatic rings. The van der Waals surface area contributed by atoms with Gasteiger partial charge < -0.3 is 9.05 Å². The van der Waals surface area contributed by atoms with Crippen molar-refractivity contribution < 1.29 is 13.6 Å². The molecule has 0 amide bonds. The third-order valence-corrected chi connectivity index (χ3v) is 6.31. The van der Waals surface area contributed by atoms with Crippen molar-refractivity contribution in [1.82, 2.24) is 0 Å². The van der Waals surface area contributed by atoms with E-state index in [2.05, 4.69) is 50.3 Å². The Kier molecular flexibility index (Phi) is 10.6. The van der Waals surface area contributed by atoms with E-state index in [1.54, 1.807) is 54.6 Å². The number of hydrogen-bond donors (Lipinski definition) is 0. The summed E-state index contributed by atoms with van der Waals surface area (Å²) < 4.78 is 29.4. The molecule has 0 bridgehead atoms. The first-order valence-corrected chi connectivity index (χ1v) is 12.8. The van der Waals surface area contributed by atoms with Gasteiger partial charge in [-0.3, -0.25) is 0 Å². The van der Waals surface area contributed by atoms with Crippen molar-refractivity contribution >= 4 is 14.0 Å². The molecule has 178 valence electrons. The van der Waals surface area contributed by atoms with E-state index in [9.17, 15) is 4.57 Å². The van der Waals surface area contributed by atoms with Crippen LogP contribution in [0.3, 0.4) is 0 Å². The molecule has 2 rings (SSSR count). The quantitative estimate of drug-likeness (QED) is 0.175. The normalized spacial score (nSPS) is 13.6. The molecular formula is C29H34NO3P. The van der Waals surface area contributed by atoms with Crippen molar-refractivity contribution in [3.05, 3.63) is 121 Å². The maximum absolute atomic E-state index is 13.6. The standard InChI is InChI=1S/C29H34NO3P/c1-6-9-18-26(29(4,5)25(16-7-2)17-8-3)23-24-30-34(31,32-27-19-12-10-13-20-27)33-28-21-14-11-15-22-28/h7-24H,2,6H2,1,3-5H3/b17-8-,18-9-,25-16+,26-23+,30-24+. The van der Waals surface area contributed by atoms with E-state index in [1.807, 2.05) is 37.3 Å². The molecule has 0 saturated heterocycles. The average Bonchev–Trinajstić information content (AvgIpc) is 2.82. The van der Waals surface area contributed by atoms with Crippen LogP contribution in [0.1, 0.15) is 34.1 Å². The number of para-hydroxylation sites is 2. The highest BCUT2D eigenvalue weighted by Crippen LogP contribution is 2.49. The Morgan fingerprint density at radius 1 is 0.941 bits per heavy atom. The topological polar surface area (TPSA) is 47.9 Å². The second kappa shape index (κ2) is 13.4. The molecule has 0 heterocycles. The second-order valence-corrected chi connectivity index (χ2v) is 9.49. The maximum atomic E-state index is 13.6. The summed E-state index contributed by atoms with van der Waals surface area (Å²) in [4.78, 5) is 0. The lowest BCUT2D eigenvalue weighted by atomic mass is 9.76. The van der Waals surface area contributed by atoms with E-state index >= 15 is 0 Å². The van der Waals surface area contributed by atoms with Crippen LogP contribution in [0.25, 0.3) is 0 Å². The van der Waals surface area contributed by atoms with Crippen LogP contribution in [0.2, 0.25) is 0 Å². The van der Waals surface area contributed by atoms with Crippen LogP contribution in [-0.2, 0) is 4.57 Å². The van der Waals surface area contributed by atoms with Crippen LogP contribution in [-0.4, -0.2) is 6.21 Å². The molecule has 0 aliphatic carbocycles. The van der Waals surface area contributed by atoms with Crippen LogP contribution in [0.15, 0.2) is 126 Å². The number of hydrogen-bond acceptors (Lipinski definition) is 3. The first-order chi connectivity index (χ1) is 16.3. The fourth-order valence-electron chi connectivity index (χ4n) is 3.15. The maximum Gasteiger partial charge on any atom is 0.563 e. The number of rotatable bonds is 12. The lowest BCUT2D eigenvalue weighted by molar-refractivity contribution is 0.388. The van der Waals surface area contributed by atoms with Crippen LogP contribution >= 0.6 is 7.75 Å². The Labute approximate surface area is 204 Å². The van der Waals surface area contributed by atoms with Crippen molar-refractivity contribution in [1.29, 1.82) is 0 Å². The van der Waals surface area contributed by atoms with Crippen LogP contribution in [0.4, 0.5) is 0 Å². The summed E-state index contributed by atoms with van der Waals surface area (Å²) >= 11 is 0. The molecule has 4 nitrogen and oxygen atoms in total. The summed E-state index contributed by atoms with van der Waals surface area (Å²) in [6.45, 7) is 12.2. The van der Waals surface area contributed by atoms with Gasteiger partial charge >= 0.3 is 7.75 Å². The summed E-state index contributed by atoms with van der Waals surface area (Å²) in [6, 6.07) is 17.8. The Morgan fingerprint density at radius 2 is 1.47 bits per heavy atom. The monoisotopic (exact) mass is 475 g/mol. The van der Waals surface area contributed by atoms with Gasteiger partial charge in [-0.2, -0.15) is 4.76 Å². The molecule has 0 N–H and O–H groups in total. The summed E-state index contributed by atoms with van der Waals surface area (Å²) in [5, 5.41) is 0. The molecule has 0 fully saturated rings. The lowest BCUT2D eigenvalue weighted by Crippen LogP contribution is -2.16. The Bertz CT molecular complexity index is 1070. The van der Waals surface area contributed by atoms with Crippen molar-refractivity contribution in [3.63, 3.8) is 0 Å². The molecule has 0 saturated carbocycles. The summed E-state index contributed by atoms with van der Waals surface area (Å²) in [5.41, 5.74) is 1.74. The molecular weight excluding hydrogens is 441 g/mol. The molecule has 0 aliphatic heterocycles. The molecule has 34 heavy (non-hydrogen) atoms. The van der Waals surface area contributed by atoms with Crippen LogP contribution in [0, 0.1) is 5.41 Å². The minimum atomic E-state index is -3.89. The van der Waals surface area contributed by atoms with Gasteiger partial charge in [-0.25, -0.2) is 4.57 Å². The molecule has 0 aromatic heterocycles. The van der Waals surface area contributed by atoms with Crippen molar-refractivity contribution in [2.24, 2.45) is 10.2 Å². The van der Waals surface area contributed by atoms with Gasteiger partial charge in [0.1, 0.15) is 11.5 Å². The highest BCUT2D eigenvalue weighted by molar-refractivity contribution is 7.53. The highest BCUT2D eigenvalue weighted by Gasteiger charge is 2.28. The SMILES string of the molecule is C=C/C=C(\C=C/C)C(C)(C)C(/C=C\CC)=C/C=N/P(=O)(Oc1ccccc1)Oc1ccccc1. The third kappa shape index (κ3) is 8.20. The average molecular weight is 476 g/mol. The zero-order valence-corrected chi connectivity index (χ0v) is 21.3. The van der Waals surface area contributed by atoms with E-state index in [1.165, 1.54) is 6.21 Å². The number of allylic oxidation sites excluding steroid dienone is 9. The third-order valence-electron chi connectivity index (χ3n) is 5.01. The first kappa shape index (κ1) is 26.9. The number of benzene rings is 2.